The minimum Gasteiger partial charge on any atom is -0.341 e. The number of rotatable bonds is 5. The Bertz CT molecular complexity index is 736. The molecule has 2 fully saturated rings. The number of benzene rings is 1. The zero-order valence-electron chi connectivity index (χ0n) is 13.7. The summed E-state index contributed by atoms with van der Waals surface area (Å²) in [7, 11) is 0. The zero-order chi connectivity index (χ0) is 16.4. The van der Waals surface area contributed by atoms with Crippen LogP contribution in [0.3, 0.4) is 0 Å². The summed E-state index contributed by atoms with van der Waals surface area (Å²) in [5.41, 5.74) is 1.92. The van der Waals surface area contributed by atoms with E-state index >= 15 is 0 Å². The van der Waals surface area contributed by atoms with Gasteiger partial charge >= 0.3 is 0 Å². The fraction of sp³-hybridized carbons (Fsp3) is 0.500. The average Bonchev–Trinajstić information content (AvgIpc) is 3.40. The van der Waals surface area contributed by atoms with Gasteiger partial charge in [-0.15, -0.1) is 10.2 Å². The molecule has 4 rings (SSSR count). The van der Waals surface area contributed by atoms with Crippen molar-refractivity contribution in [3.8, 4) is 6.07 Å². The van der Waals surface area contributed by atoms with Gasteiger partial charge in [0.15, 0.2) is 5.16 Å². The molecule has 0 amide bonds. The molecule has 2 heterocycles. The third-order valence-corrected chi connectivity index (χ3v) is 5.66. The van der Waals surface area contributed by atoms with Crippen LogP contribution >= 0.6 is 11.8 Å². The number of aromatic nitrogens is 3. The van der Waals surface area contributed by atoms with Crippen LogP contribution in [0, 0.1) is 11.3 Å². The molecule has 6 heteroatoms. The summed E-state index contributed by atoms with van der Waals surface area (Å²) in [6, 6.07) is 10.5. The molecule has 124 valence electrons. The second kappa shape index (κ2) is 6.86. The van der Waals surface area contributed by atoms with Gasteiger partial charge in [-0.3, -0.25) is 4.57 Å². The van der Waals surface area contributed by atoms with Crippen molar-refractivity contribution in [3.05, 3.63) is 35.4 Å². The third kappa shape index (κ3) is 3.27. The molecule has 0 radical (unpaired) electrons. The Balaban J connectivity index is 1.50. The number of nitrogens with zero attached hydrogens (tertiary/aromatic N) is 5. The average molecular weight is 339 g/mol. The second-order valence-corrected chi connectivity index (χ2v) is 7.47. The summed E-state index contributed by atoms with van der Waals surface area (Å²) in [5, 5.41) is 18.9. The predicted molar refractivity (Wildman–Crippen MR) is 95.1 cm³/mol. The Hall–Kier alpha value is -2.00. The van der Waals surface area contributed by atoms with E-state index in [2.05, 4.69) is 25.7 Å². The number of hydrogen-bond acceptors (Lipinski definition) is 5. The van der Waals surface area contributed by atoms with Crippen molar-refractivity contribution in [2.75, 3.05) is 18.0 Å². The van der Waals surface area contributed by atoms with Crippen LogP contribution in [-0.2, 0) is 5.75 Å². The van der Waals surface area contributed by atoms with E-state index in [9.17, 15) is 0 Å². The highest BCUT2D eigenvalue weighted by Gasteiger charge is 2.31. The molecule has 0 bridgehead atoms. The Labute approximate surface area is 146 Å². The molecular formula is C18H21N5S. The van der Waals surface area contributed by atoms with Gasteiger partial charge in [0.2, 0.25) is 5.95 Å². The molecular weight excluding hydrogens is 318 g/mol. The third-order valence-electron chi connectivity index (χ3n) is 4.65. The van der Waals surface area contributed by atoms with Crippen molar-refractivity contribution < 1.29 is 0 Å². The molecule has 1 aliphatic carbocycles. The van der Waals surface area contributed by atoms with Crippen molar-refractivity contribution in [3.63, 3.8) is 0 Å². The van der Waals surface area contributed by atoms with Crippen LogP contribution < -0.4 is 4.90 Å². The smallest absolute Gasteiger partial charge is 0.228 e. The summed E-state index contributed by atoms with van der Waals surface area (Å²) in [6.45, 7) is 2.20. The standard InChI is InChI=1S/C18H21N5S/c19-12-14-4-6-15(7-5-14)13-24-18-21-20-17(23(18)16-8-9-16)22-10-2-1-3-11-22/h4-7,16H,1-3,8-11,13H2. The largest absolute Gasteiger partial charge is 0.341 e. The van der Waals surface area contributed by atoms with Crippen LogP contribution in [-0.4, -0.2) is 27.9 Å². The van der Waals surface area contributed by atoms with Crippen molar-refractivity contribution in [2.24, 2.45) is 0 Å². The first kappa shape index (κ1) is 15.5. The molecule has 1 saturated heterocycles. The number of piperidine rings is 1. The number of nitriles is 1. The first-order chi connectivity index (χ1) is 11.8. The topological polar surface area (TPSA) is 57.7 Å². The SMILES string of the molecule is N#Cc1ccc(CSc2nnc(N3CCCCC3)n2C2CC2)cc1. The highest BCUT2D eigenvalue weighted by atomic mass is 32.2. The fourth-order valence-electron chi connectivity index (χ4n) is 3.15. The van der Waals surface area contributed by atoms with E-state index in [0.717, 1.165) is 29.9 Å². The molecule has 0 N–H and O–H groups in total. The van der Waals surface area contributed by atoms with E-state index in [4.69, 9.17) is 5.26 Å². The van der Waals surface area contributed by atoms with Gasteiger partial charge in [-0.1, -0.05) is 23.9 Å². The number of thioether (sulfide) groups is 1. The van der Waals surface area contributed by atoms with Crippen molar-refractivity contribution in [2.45, 2.75) is 49.1 Å². The quantitative estimate of drug-likeness (QED) is 0.776. The molecule has 1 aromatic carbocycles. The van der Waals surface area contributed by atoms with Crippen LogP contribution in [0.2, 0.25) is 0 Å². The molecule has 1 saturated carbocycles. The Morgan fingerprint density at radius 2 is 1.83 bits per heavy atom. The van der Waals surface area contributed by atoms with E-state index in [1.54, 1.807) is 11.8 Å². The molecule has 0 spiro atoms. The molecule has 1 aromatic heterocycles. The van der Waals surface area contributed by atoms with Crippen LogP contribution in [0.4, 0.5) is 5.95 Å². The van der Waals surface area contributed by atoms with E-state index < -0.39 is 0 Å². The van der Waals surface area contributed by atoms with Crippen LogP contribution in [0.5, 0.6) is 0 Å². The molecule has 0 atom stereocenters. The first-order valence-electron chi connectivity index (χ1n) is 8.67. The molecule has 2 aromatic rings. The van der Waals surface area contributed by atoms with Gasteiger partial charge in [0.1, 0.15) is 0 Å². The van der Waals surface area contributed by atoms with E-state index in [1.165, 1.54) is 37.7 Å². The lowest BCUT2D eigenvalue weighted by Gasteiger charge is -2.27. The number of anilines is 1. The minimum absolute atomic E-state index is 0.584. The van der Waals surface area contributed by atoms with Gasteiger partial charge in [0, 0.05) is 24.9 Å². The molecule has 2 aliphatic rings. The minimum atomic E-state index is 0.584. The molecule has 0 unspecified atom stereocenters. The lowest BCUT2D eigenvalue weighted by Crippen LogP contribution is -2.31. The molecule has 24 heavy (non-hydrogen) atoms. The molecule has 5 nitrogen and oxygen atoms in total. The van der Waals surface area contributed by atoms with E-state index in [1.807, 2.05) is 24.3 Å². The number of hydrogen-bond donors (Lipinski definition) is 0. The predicted octanol–water partition coefficient (Wildman–Crippen LogP) is 3.77. The van der Waals surface area contributed by atoms with Crippen LogP contribution in [0.15, 0.2) is 29.4 Å². The zero-order valence-corrected chi connectivity index (χ0v) is 14.5. The van der Waals surface area contributed by atoms with Gasteiger partial charge in [-0.25, -0.2) is 0 Å². The summed E-state index contributed by atoms with van der Waals surface area (Å²) in [5.74, 6) is 1.93. The van der Waals surface area contributed by atoms with Crippen molar-refractivity contribution in [1.29, 1.82) is 5.26 Å². The summed E-state index contributed by atoms with van der Waals surface area (Å²) in [4.78, 5) is 2.40. The monoisotopic (exact) mass is 339 g/mol. The van der Waals surface area contributed by atoms with Gasteiger partial charge in [0.05, 0.1) is 11.6 Å². The normalized spacial score (nSPS) is 17.7. The van der Waals surface area contributed by atoms with Gasteiger partial charge < -0.3 is 4.90 Å². The molecule has 1 aliphatic heterocycles. The Kier molecular flexibility index (Phi) is 4.44. The maximum absolute atomic E-state index is 8.89. The summed E-state index contributed by atoms with van der Waals surface area (Å²) >= 11 is 1.75. The maximum Gasteiger partial charge on any atom is 0.228 e. The lowest BCUT2D eigenvalue weighted by atomic mass is 10.1. The maximum atomic E-state index is 8.89. The first-order valence-corrected chi connectivity index (χ1v) is 9.65. The van der Waals surface area contributed by atoms with Crippen LogP contribution in [0.25, 0.3) is 0 Å². The fourth-order valence-corrected chi connectivity index (χ4v) is 4.11. The summed E-state index contributed by atoms with van der Waals surface area (Å²) in [6.07, 6.45) is 6.32. The van der Waals surface area contributed by atoms with Gasteiger partial charge in [0.25, 0.3) is 0 Å². The van der Waals surface area contributed by atoms with Crippen molar-refractivity contribution >= 4 is 17.7 Å². The van der Waals surface area contributed by atoms with E-state index in [-0.39, 0.29) is 0 Å². The van der Waals surface area contributed by atoms with Gasteiger partial charge in [-0.05, 0) is 49.8 Å². The van der Waals surface area contributed by atoms with Gasteiger partial charge in [-0.2, -0.15) is 5.26 Å². The Morgan fingerprint density at radius 1 is 1.08 bits per heavy atom. The van der Waals surface area contributed by atoms with Crippen molar-refractivity contribution in [1.82, 2.24) is 14.8 Å². The Morgan fingerprint density at radius 3 is 2.50 bits per heavy atom. The highest BCUT2D eigenvalue weighted by Crippen LogP contribution is 2.41. The lowest BCUT2D eigenvalue weighted by molar-refractivity contribution is 0.548. The second-order valence-electron chi connectivity index (χ2n) is 6.53. The van der Waals surface area contributed by atoms with E-state index in [0.29, 0.717) is 11.6 Å². The van der Waals surface area contributed by atoms with Crippen LogP contribution in [0.1, 0.15) is 49.3 Å². The highest BCUT2D eigenvalue weighted by molar-refractivity contribution is 7.98. The summed E-state index contributed by atoms with van der Waals surface area (Å²) < 4.78 is 2.36.